The van der Waals surface area contributed by atoms with Crippen molar-refractivity contribution in [1.29, 1.82) is 5.26 Å². The van der Waals surface area contributed by atoms with Gasteiger partial charge in [0.15, 0.2) is 0 Å². The average molecular weight is 417 g/mol. The number of anilines is 1. The monoisotopic (exact) mass is 417 g/mol. The molecule has 3 heterocycles. The number of amides is 2. The molecule has 1 unspecified atom stereocenters. The number of aryl methyl sites for hydroxylation is 1. The molecule has 1 aliphatic heterocycles. The van der Waals surface area contributed by atoms with E-state index in [4.69, 9.17) is 5.26 Å². The average Bonchev–Trinajstić information content (AvgIpc) is 3.45. The van der Waals surface area contributed by atoms with E-state index in [0.717, 1.165) is 23.0 Å². The lowest BCUT2D eigenvalue weighted by atomic mass is 10.1. The van der Waals surface area contributed by atoms with E-state index in [-0.39, 0.29) is 29.8 Å². The first-order valence-corrected chi connectivity index (χ1v) is 9.87. The van der Waals surface area contributed by atoms with Crippen LogP contribution in [-0.2, 0) is 4.79 Å². The number of hydrogen-bond acceptors (Lipinski definition) is 4. The minimum atomic E-state index is -0.634. The maximum Gasteiger partial charge on any atom is 0.270 e. The second-order valence-electron chi connectivity index (χ2n) is 7.45. The van der Waals surface area contributed by atoms with Crippen LogP contribution in [0.1, 0.15) is 28.2 Å². The molecule has 2 N–H and O–H groups in total. The van der Waals surface area contributed by atoms with E-state index in [2.05, 4.69) is 15.3 Å². The van der Waals surface area contributed by atoms with E-state index < -0.39 is 5.82 Å². The summed E-state index contributed by atoms with van der Waals surface area (Å²) in [6, 6.07) is 13.0. The first kappa shape index (κ1) is 20.3. The SMILES string of the molecule is Cc1ncccc1-c1ccc(C(=O)N2CCC(C(=O)Nc3ccc(F)c(C#N)c3)C2)[nH]1. The molecule has 1 aliphatic rings. The fourth-order valence-electron chi connectivity index (χ4n) is 3.71. The molecule has 8 heteroatoms. The third-order valence-corrected chi connectivity index (χ3v) is 5.41. The highest BCUT2D eigenvalue weighted by atomic mass is 19.1. The summed E-state index contributed by atoms with van der Waals surface area (Å²) in [6.45, 7) is 2.66. The third-order valence-electron chi connectivity index (χ3n) is 5.41. The second-order valence-corrected chi connectivity index (χ2v) is 7.45. The molecule has 156 valence electrons. The Labute approximate surface area is 178 Å². The van der Waals surface area contributed by atoms with Crippen LogP contribution in [-0.4, -0.2) is 39.8 Å². The molecule has 2 aromatic heterocycles. The number of pyridine rings is 1. The van der Waals surface area contributed by atoms with Crippen molar-refractivity contribution in [2.75, 3.05) is 18.4 Å². The standard InChI is InChI=1S/C23H20FN5O2/c1-14-18(3-2-9-26-14)20-6-7-21(28-20)23(31)29-10-8-15(13-29)22(30)27-17-4-5-19(24)16(11-17)12-25/h2-7,9,11,15,28H,8,10,13H2,1H3,(H,27,30). The van der Waals surface area contributed by atoms with Crippen LogP contribution in [0.25, 0.3) is 11.3 Å². The maximum atomic E-state index is 13.5. The lowest BCUT2D eigenvalue weighted by molar-refractivity contribution is -0.119. The number of H-pyrrole nitrogens is 1. The highest BCUT2D eigenvalue weighted by Crippen LogP contribution is 2.24. The van der Waals surface area contributed by atoms with Crippen LogP contribution in [0.4, 0.5) is 10.1 Å². The number of hydrogen-bond donors (Lipinski definition) is 2. The largest absolute Gasteiger partial charge is 0.350 e. The predicted octanol–water partition coefficient (Wildman–Crippen LogP) is 3.50. The molecule has 1 aromatic carbocycles. The van der Waals surface area contributed by atoms with E-state index in [0.29, 0.717) is 24.3 Å². The Morgan fingerprint density at radius 1 is 1.29 bits per heavy atom. The highest BCUT2D eigenvalue weighted by molar-refractivity contribution is 5.96. The third kappa shape index (κ3) is 4.16. The topological polar surface area (TPSA) is 102 Å². The van der Waals surface area contributed by atoms with Gasteiger partial charge >= 0.3 is 0 Å². The van der Waals surface area contributed by atoms with E-state index in [1.807, 2.05) is 25.1 Å². The molecular formula is C23H20FN5O2. The smallest absolute Gasteiger partial charge is 0.270 e. The summed E-state index contributed by atoms with van der Waals surface area (Å²) in [6.07, 6.45) is 2.25. The molecular weight excluding hydrogens is 397 g/mol. The summed E-state index contributed by atoms with van der Waals surface area (Å²) < 4.78 is 13.5. The van der Waals surface area contributed by atoms with Crippen molar-refractivity contribution >= 4 is 17.5 Å². The van der Waals surface area contributed by atoms with Gasteiger partial charge in [-0.15, -0.1) is 0 Å². The summed E-state index contributed by atoms with van der Waals surface area (Å²) in [5.74, 6) is -1.44. The molecule has 1 saturated heterocycles. The number of carbonyl (C=O) groups excluding carboxylic acids is 2. The number of carbonyl (C=O) groups is 2. The number of nitrogens with zero attached hydrogens (tertiary/aromatic N) is 3. The van der Waals surface area contributed by atoms with Crippen LogP contribution < -0.4 is 5.32 Å². The van der Waals surface area contributed by atoms with Crippen LogP contribution in [0.2, 0.25) is 0 Å². The van der Waals surface area contributed by atoms with E-state index in [1.165, 1.54) is 12.1 Å². The lowest BCUT2D eigenvalue weighted by Gasteiger charge is -2.16. The molecule has 31 heavy (non-hydrogen) atoms. The van der Waals surface area contributed by atoms with Crippen molar-refractivity contribution in [2.45, 2.75) is 13.3 Å². The Bertz CT molecular complexity index is 1200. The summed E-state index contributed by atoms with van der Waals surface area (Å²) in [5.41, 5.74) is 3.28. The van der Waals surface area contributed by atoms with Gasteiger partial charge in [0.2, 0.25) is 5.91 Å². The zero-order chi connectivity index (χ0) is 22.0. The van der Waals surface area contributed by atoms with Crippen molar-refractivity contribution in [3.05, 3.63) is 71.4 Å². The minimum Gasteiger partial charge on any atom is -0.350 e. The molecule has 2 amide bonds. The number of nitriles is 1. The van der Waals surface area contributed by atoms with Crippen LogP contribution in [0.3, 0.4) is 0 Å². The Hall–Kier alpha value is -3.99. The van der Waals surface area contributed by atoms with Crippen molar-refractivity contribution in [2.24, 2.45) is 5.92 Å². The van der Waals surface area contributed by atoms with E-state index in [9.17, 15) is 14.0 Å². The van der Waals surface area contributed by atoms with Crippen LogP contribution in [0, 0.1) is 30.0 Å². The van der Waals surface area contributed by atoms with Crippen molar-refractivity contribution in [3.63, 3.8) is 0 Å². The van der Waals surface area contributed by atoms with E-state index in [1.54, 1.807) is 23.2 Å². The first-order chi connectivity index (χ1) is 15.0. The molecule has 0 radical (unpaired) electrons. The number of rotatable bonds is 4. The normalized spacial score (nSPS) is 15.5. The van der Waals surface area contributed by atoms with Crippen molar-refractivity contribution in [3.8, 4) is 17.3 Å². The van der Waals surface area contributed by atoms with Crippen molar-refractivity contribution in [1.82, 2.24) is 14.9 Å². The Morgan fingerprint density at radius 2 is 2.13 bits per heavy atom. The number of likely N-dealkylation sites (tertiary alicyclic amines) is 1. The maximum absolute atomic E-state index is 13.5. The first-order valence-electron chi connectivity index (χ1n) is 9.87. The fourth-order valence-corrected chi connectivity index (χ4v) is 3.71. The number of benzene rings is 1. The van der Waals surface area contributed by atoms with Gasteiger partial charge in [-0.3, -0.25) is 14.6 Å². The van der Waals surface area contributed by atoms with Gasteiger partial charge in [-0.25, -0.2) is 4.39 Å². The van der Waals surface area contributed by atoms with Crippen LogP contribution >= 0.6 is 0 Å². The van der Waals surface area contributed by atoms with Crippen LogP contribution in [0.15, 0.2) is 48.7 Å². The second kappa shape index (κ2) is 8.40. The zero-order valence-electron chi connectivity index (χ0n) is 16.9. The van der Waals surface area contributed by atoms with Gasteiger partial charge in [0.1, 0.15) is 17.6 Å². The molecule has 1 fully saturated rings. The molecule has 0 saturated carbocycles. The molecule has 3 aromatic rings. The summed E-state index contributed by atoms with van der Waals surface area (Å²) in [4.78, 5) is 34.5. The summed E-state index contributed by atoms with van der Waals surface area (Å²) in [7, 11) is 0. The van der Waals surface area contributed by atoms with Gasteiger partial charge in [-0.2, -0.15) is 5.26 Å². The van der Waals surface area contributed by atoms with Gasteiger partial charge in [0, 0.05) is 41.9 Å². The van der Waals surface area contributed by atoms with Crippen molar-refractivity contribution < 1.29 is 14.0 Å². The summed E-state index contributed by atoms with van der Waals surface area (Å²) >= 11 is 0. The Kier molecular flexibility index (Phi) is 5.50. The lowest BCUT2D eigenvalue weighted by Crippen LogP contribution is -2.31. The number of nitrogens with one attached hydrogen (secondary N) is 2. The number of halogens is 1. The van der Waals surface area contributed by atoms with Gasteiger partial charge in [0.25, 0.3) is 5.91 Å². The fraction of sp³-hybridized carbons (Fsp3) is 0.217. The van der Waals surface area contributed by atoms with Gasteiger partial charge < -0.3 is 15.2 Å². The molecule has 0 spiro atoms. The molecule has 0 aliphatic carbocycles. The van der Waals surface area contributed by atoms with Gasteiger partial charge in [0.05, 0.1) is 11.5 Å². The Balaban J connectivity index is 1.41. The van der Waals surface area contributed by atoms with Gasteiger partial charge in [-0.05, 0) is 55.8 Å². The minimum absolute atomic E-state index is 0.132. The number of aromatic nitrogens is 2. The zero-order valence-corrected chi connectivity index (χ0v) is 16.9. The van der Waals surface area contributed by atoms with Crippen LogP contribution in [0.5, 0.6) is 0 Å². The Morgan fingerprint density at radius 3 is 2.90 bits per heavy atom. The predicted molar refractivity (Wildman–Crippen MR) is 113 cm³/mol. The highest BCUT2D eigenvalue weighted by Gasteiger charge is 2.32. The summed E-state index contributed by atoms with van der Waals surface area (Å²) in [5, 5.41) is 11.6. The quantitative estimate of drug-likeness (QED) is 0.678. The number of aromatic amines is 1. The molecule has 0 bridgehead atoms. The molecule has 7 nitrogen and oxygen atoms in total. The van der Waals surface area contributed by atoms with Gasteiger partial charge in [-0.1, -0.05) is 0 Å². The molecule has 4 rings (SSSR count). The van der Waals surface area contributed by atoms with E-state index >= 15 is 0 Å². The molecule has 1 atom stereocenters.